The van der Waals surface area contributed by atoms with Crippen LogP contribution < -0.4 is 11.1 Å². The summed E-state index contributed by atoms with van der Waals surface area (Å²) in [4.78, 5) is 0. The summed E-state index contributed by atoms with van der Waals surface area (Å²) >= 11 is 3.44. The Balaban J connectivity index is 2.22. The van der Waals surface area contributed by atoms with Crippen LogP contribution >= 0.6 is 15.9 Å². The molecule has 0 aliphatic rings. The van der Waals surface area contributed by atoms with E-state index in [1.165, 1.54) is 11.1 Å². The standard InChI is InChI=1S/C16H19BrN2/c1-2-12-5-3-4-6-15(12)16(11-18)19-14-9-7-13(17)8-10-14/h3-10,16,19H,2,11,18H2,1H3. The van der Waals surface area contributed by atoms with Gasteiger partial charge < -0.3 is 11.1 Å². The summed E-state index contributed by atoms with van der Waals surface area (Å²) in [6, 6.07) is 16.8. The monoisotopic (exact) mass is 318 g/mol. The Bertz CT molecular complexity index is 523. The fourth-order valence-corrected chi connectivity index (χ4v) is 2.47. The molecule has 1 unspecified atom stereocenters. The van der Waals surface area contributed by atoms with Gasteiger partial charge in [-0.15, -0.1) is 0 Å². The number of halogens is 1. The lowest BCUT2D eigenvalue weighted by Crippen LogP contribution is -2.21. The Morgan fingerprint density at radius 1 is 1.11 bits per heavy atom. The smallest absolute Gasteiger partial charge is 0.0638 e. The molecule has 3 heteroatoms. The van der Waals surface area contributed by atoms with Crippen LogP contribution in [-0.4, -0.2) is 6.54 Å². The van der Waals surface area contributed by atoms with Crippen LogP contribution in [0.5, 0.6) is 0 Å². The molecule has 2 aromatic rings. The van der Waals surface area contributed by atoms with Gasteiger partial charge in [0.05, 0.1) is 6.04 Å². The van der Waals surface area contributed by atoms with Crippen LogP contribution in [0.1, 0.15) is 24.1 Å². The molecule has 0 saturated carbocycles. The topological polar surface area (TPSA) is 38.0 Å². The number of anilines is 1. The molecule has 2 rings (SSSR count). The maximum Gasteiger partial charge on any atom is 0.0638 e. The van der Waals surface area contributed by atoms with E-state index in [0.29, 0.717) is 6.54 Å². The van der Waals surface area contributed by atoms with Crippen LogP contribution in [-0.2, 0) is 6.42 Å². The van der Waals surface area contributed by atoms with Crippen LogP contribution in [0.15, 0.2) is 53.0 Å². The second kappa shape index (κ2) is 6.73. The Hall–Kier alpha value is -1.32. The Morgan fingerprint density at radius 2 is 1.79 bits per heavy atom. The normalized spacial score (nSPS) is 12.2. The minimum absolute atomic E-state index is 0.150. The second-order valence-corrected chi connectivity index (χ2v) is 5.41. The average Bonchev–Trinajstić information content (AvgIpc) is 2.46. The van der Waals surface area contributed by atoms with Gasteiger partial charge in [-0.2, -0.15) is 0 Å². The number of nitrogens with two attached hydrogens (primary N) is 1. The first kappa shape index (κ1) is 14.1. The van der Waals surface area contributed by atoms with Crippen molar-refractivity contribution in [2.45, 2.75) is 19.4 Å². The third kappa shape index (κ3) is 3.58. The number of aryl methyl sites for hydroxylation is 1. The molecule has 1 atom stereocenters. The minimum Gasteiger partial charge on any atom is -0.377 e. The number of nitrogens with one attached hydrogen (secondary N) is 1. The van der Waals surface area contributed by atoms with Gasteiger partial charge in [0.15, 0.2) is 0 Å². The summed E-state index contributed by atoms with van der Waals surface area (Å²) in [5, 5.41) is 3.50. The lowest BCUT2D eigenvalue weighted by molar-refractivity contribution is 0.777. The first-order valence-corrected chi connectivity index (χ1v) is 7.34. The number of benzene rings is 2. The third-order valence-electron chi connectivity index (χ3n) is 3.23. The Labute approximate surface area is 123 Å². The summed E-state index contributed by atoms with van der Waals surface area (Å²) in [6.07, 6.45) is 1.02. The van der Waals surface area contributed by atoms with Crippen LogP contribution in [0.4, 0.5) is 5.69 Å². The van der Waals surface area contributed by atoms with Gasteiger partial charge in [-0.3, -0.25) is 0 Å². The lowest BCUT2D eigenvalue weighted by atomic mass is 9.98. The summed E-state index contributed by atoms with van der Waals surface area (Å²) in [5.41, 5.74) is 9.66. The van der Waals surface area contributed by atoms with E-state index >= 15 is 0 Å². The van der Waals surface area contributed by atoms with Gasteiger partial charge in [0.2, 0.25) is 0 Å². The maximum absolute atomic E-state index is 5.93. The van der Waals surface area contributed by atoms with Crippen LogP contribution in [0.3, 0.4) is 0 Å². The first-order valence-electron chi connectivity index (χ1n) is 6.54. The number of hydrogen-bond acceptors (Lipinski definition) is 2. The predicted octanol–water partition coefficient (Wildman–Crippen LogP) is 4.12. The molecular formula is C16H19BrN2. The van der Waals surface area contributed by atoms with Crippen molar-refractivity contribution in [3.63, 3.8) is 0 Å². The van der Waals surface area contributed by atoms with E-state index in [1.54, 1.807) is 0 Å². The summed E-state index contributed by atoms with van der Waals surface area (Å²) in [7, 11) is 0. The van der Waals surface area contributed by atoms with Gasteiger partial charge >= 0.3 is 0 Å². The van der Waals surface area contributed by atoms with Crippen molar-refractivity contribution in [3.8, 4) is 0 Å². The molecule has 0 spiro atoms. The van der Waals surface area contributed by atoms with Gasteiger partial charge in [0.25, 0.3) is 0 Å². The van der Waals surface area contributed by atoms with Gasteiger partial charge in [0, 0.05) is 16.7 Å². The fraction of sp³-hybridized carbons (Fsp3) is 0.250. The molecule has 0 aromatic heterocycles. The predicted molar refractivity (Wildman–Crippen MR) is 85.4 cm³/mol. The van der Waals surface area contributed by atoms with Crippen LogP contribution in [0, 0.1) is 0 Å². The van der Waals surface area contributed by atoms with Crippen molar-refractivity contribution in [1.82, 2.24) is 0 Å². The third-order valence-corrected chi connectivity index (χ3v) is 3.76. The van der Waals surface area contributed by atoms with E-state index in [9.17, 15) is 0 Å². The van der Waals surface area contributed by atoms with Crippen LogP contribution in [0.25, 0.3) is 0 Å². The van der Waals surface area contributed by atoms with Crippen molar-refractivity contribution in [2.24, 2.45) is 5.73 Å². The number of rotatable bonds is 5. The van der Waals surface area contributed by atoms with Gasteiger partial charge in [-0.05, 0) is 41.8 Å². The quantitative estimate of drug-likeness (QED) is 0.870. The molecule has 19 heavy (non-hydrogen) atoms. The highest BCUT2D eigenvalue weighted by Crippen LogP contribution is 2.23. The molecule has 0 aliphatic carbocycles. The van der Waals surface area contributed by atoms with E-state index in [0.717, 1.165) is 16.6 Å². The molecule has 0 fully saturated rings. The summed E-state index contributed by atoms with van der Waals surface area (Å²) in [6.45, 7) is 2.75. The highest BCUT2D eigenvalue weighted by Gasteiger charge is 2.12. The fourth-order valence-electron chi connectivity index (χ4n) is 2.21. The van der Waals surface area contributed by atoms with E-state index in [4.69, 9.17) is 5.73 Å². The molecule has 0 bridgehead atoms. The van der Waals surface area contributed by atoms with Gasteiger partial charge in [-0.25, -0.2) is 0 Å². The molecule has 0 heterocycles. The minimum atomic E-state index is 0.150. The first-order chi connectivity index (χ1) is 9.24. The van der Waals surface area contributed by atoms with Gasteiger partial charge in [0.1, 0.15) is 0 Å². The molecule has 0 radical (unpaired) electrons. The highest BCUT2D eigenvalue weighted by molar-refractivity contribution is 9.10. The molecule has 3 N–H and O–H groups in total. The van der Waals surface area contributed by atoms with Crippen molar-refractivity contribution >= 4 is 21.6 Å². The zero-order valence-electron chi connectivity index (χ0n) is 11.1. The van der Waals surface area contributed by atoms with E-state index in [-0.39, 0.29) is 6.04 Å². The molecule has 2 nitrogen and oxygen atoms in total. The molecule has 2 aromatic carbocycles. The lowest BCUT2D eigenvalue weighted by Gasteiger charge is -2.21. The SMILES string of the molecule is CCc1ccccc1C(CN)Nc1ccc(Br)cc1. The molecule has 0 amide bonds. The van der Waals surface area contributed by atoms with Crippen molar-refractivity contribution in [2.75, 3.05) is 11.9 Å². The van der Waals surface area contributed by atoms with Crippen molar-refractivity contribution in [3.05, 3.63) is 64.1 Å². The summed E-state index contributed by atoms with van der Waals surface area (Å²) < 4.78 is 1.08. The second-order valence-electron chi connectivity index (χ2n) is 4.49. The summed E-state index contributed by atoms with van der Waals surface area (Å²) in [5.74, 6) is 0. The molecule has 100 valence electrons. The molecular weight excluding hydrogens is 300 g/mol. The largest absolute Gasteiger partial charge is 0.377 e. The molecule has 0 aliphatic heterocycles. The molecule has 0 saturated heterocycles. The number of hydrogen-bond donors (Lipinski definition) is 2. The zero-order chi connectivity index (χ0) is 13.7. The Morgan fingerprint density at radius 3 is 2.42 bits per heavy atom. The zero-order valence-corrected chi connectivity index (χ0v) is 12.7. The average molecular weight is 319 g/mol. The maximum atomic E-state index is 5.93. The van der Waals surface area contributed by atoms with E-state index < -0.39 is 0 Å². The van der Waals surface area contributed by atoms with Gasteiger partial charge in [-0.1, -0.05) is 47.1 Å². The van der Waals surface area contributed by atoms with Crippen molar-refractivity contribution < 1.29 is 0 Å². The van der Waals surface area contributed by atoms with E-state index in [1.807, 2.05) is 12.1 Å². The Kier molecular flexibility index (Phi) is 5.00. The highest BCUT2D eigenvalue weighted by atomic mass is 79.9. The van der Waals surface area contributed by atoms with Crippen molar-refractivity contribution in [1.29, 1.82) is 0 Å². The van der Waals surface area contributed by atoms with Crippen LogP contribution in [0.2, 0.25) is 0 Å². The van der Waals surface area contributed by atoms with E-state index in [2.05, 4.69) is 64.6 Å².